The molecule has 130 valence electrons. The number of hydrogen-bond acceptors (Lipinski definition) is 7. The van der Waals surface area contributed by atoms with Gasteiger partial charge in [0.1, 0.15) is 6.54 Å². The minimum atomic E-state index is -0.620. The van der Waals surface area contributed by atoms with E-state index in [1.54, 1.807) is 18.3 Å². The van der Waals surface area contributed by atoms with Gasteiger partial charge < -0.3 is 10.1 Å². The molecule has 9 nitrogen and oxygen atoms in total. The van der Waals surface area contributed by atoms with E-state index >= 15 is 0 Å². The Morgan fingerprint density at radius 2 is 2.16 bits per heavy atom. The first kappa shape index (κ1) is 16.8. The number of carbonyl (C=O) groups excluding carboxylic acids is 2. The minimum absolute atomic E-state index is 0.0847. The van der Waals surface area contributed by atoms with Crippen molar-refractivity contribution in [3.63, 3.8) is 0 Å². The van der Waals surface area contributed by atoms with Gasteiger partial charge in [0.25, 0.3) is 0 Å². The fourth-order valence-electron chi connectivity index (χ4n) is 2.15. The third-order valence-electron chi connectivity index (χ3n) is 3.11. The highest BCUT2D eigenvalue weighted by molar-refractivity contribution is 7.18. The van der Waals surface area contributed by atoms with Crippen LogP contribution in [-0.2, 0) is 16.1 Å². The molecule has 2 heterocycles. The molecular weight excluding hydrogens is 344 g/mol. The topological polar surface area (TPSA) is 111 Å². The highest BCUT2D eigenvalue weighted by Crippen LogP contribution is 2.24. The van der Waals surface area contributed by atoms with Crippen LogP contribution < -0.4 is 10.6 Å². The van der Waals surface area contributed by atoms with E-state index in [4.69, 9.17) is 4.74 Å². The number of amides is 2. The Morgan fingerprint density at radius 3 is 2.96 bits per heavy atom. The number of aromatic nitrogens is 4. The largest absolute Gasteiger partial charge is 0.450 e. The molecule has 0 radical (unpaired) electrons. The highest BCUT2D eigenvalue weighted by Gasteiger charge is 2.10. The summed E-state index contributed by atoms with van der Waals surface area (Å²) < 4.78 is 5.81. The summed E-state index contributed by atoms with van der Waals surface area (Å²) in [7, 11) is 0. The van der Waals surface area contributed by atoms with Crippen molar-refractivity contribution in [3.8, 4) is 0 Å². The summed E-state index contributed by atoms with van der Waals surface area (Å²) in [6.45, 7) is 3.81. The molecule has 10 heteroatoms. The van der Waals surface area contributed by atoms with Crippen LogP contribution in [0, 0.1) is 6.92 Å². The monoisotopic (exact) mass is 360 g/mol. The van der Waals surface area contributed by atoms with Crippen molar-refractivity contribution in [3.05, 3.63) is 29.4 Å². The van der Waals surface area contributed by atoms with Crippen LogP contribution in [0.25, 0.3) is 10.2 Å². The number of nitrogens with zero attached hydrogens (tertiary/aromatic N) is 4. The van der Waals surface area contributed by atoms with E-state index in [-0.39, 0.29) is 24.9 Å². The molecular formula is C15H16N6O3S. The van der Waals surface area contributed by atoms with Crippen LogP contribution in [-0.4, -0.2) is 38.6 Å². The number of anilines is 2. The van der Waals surface area contributed by atoms with Gasteiger partial charge in [-0.2, -0.15) is 9.90 Å². The molecule has 0 saturated carbocycles. The van der Waals surface area contributed by atoms with Crippen LogP contribution in [0.15, 0.2) is 24.4 Å². The average Bonchev–Trinajstić information content (AvgIpc) is 3.12. The van der Waals surface area contributed by atoms with Gasteiger partial charge in [-0.3, -0.25) is 10.1 Å². The molecule has 3 rings (SSSR count). The average molecular weight is 360 g/mol. The lowest BCUT2D eigenvalue weighted by molar-refractivity contribution is -0.117. The van der Waals surface area contributed by atoms with Crippen molar-refractivity contribution in [2.45, 2.75) is 20.4 Å². The Hall–Kier alpha value is -3.01. The van der Waals surface area contributed by atoms with E-state index in [0.717, 1.165) is 15.2 Å². The summed E-state index contributed by atoms with van der Waals surface area (Å²) in [5, 5.41) is 14.1. The van der Waals surface area contributed by atoms with E-state index in [0.29, 0.717) is 5.69 Å². The molecule has 2 N–H and O–H groups in total. The van der Waals surface area contributed by atoms with Gasteiger partial charge in [-0.05, 0) is 32.0 Å². The van der Waals surface area contributed by atoms with Gasteiger partial charge in [-0.25, -0.2) is 9.78 Å². The number of aryl methyl sites for hydroxylation is 1. The molecule has 0 spiro atoms. The second-order valence-corrected chi connectivity index (χ2v) is 6.30. The lowest BCUT2D eigenvalue weighted by atomic mass is 10.3. The molecule has 0 atom stereocenters. The Labute approximate surface area is 147 Å². The predicted molar refractivity (Wildman–Crippen MR) is 93.7 cm³/mol. The molecule has 0 aliphatic rings. The summed E-state index contributed by atoms with van der Waals surface area (Å²) >= 11 is 1.60. The molecule has 25 heavy (non-hydrogen) atoms. The molecule has 1 aromatic carbocycles. The van der Waals surface area contributed by atoms with E-state index in [9.17, 15) is 9.59 Å². The molecule has 0 saturated heterocycles. The molecule has 0 aliphatic carbocycles. The number of nitrogens with one attached hydrogen (secondary N) is 2. The number of ether oxygens (including phenoxy) is 1. The van der Waals surface area contributed by atoms with Crippen LogP contribution in [0.4, 0.5) is 16.3 Å². The van der Waals surface area contributed by atoms with Crippen molar-refractivity contribution < 1.29 is 14.3 Å². The Balaban J connectivity index is 1.60. The van der Waals surface area contributed by atoms with Crippen molar-refractivity contribution in [1.29, 1.82) is 0 Å². The zero-order valence-electron chi connectivity index (χ0n) is 13.6. The molecule has 0 unspecified atom stereocenters. The van der Waals surface area contributed by atoms with Crippen molar-refractivity contribution in [1.82, 2.24) is 20.0 Å². The number of rotatable bonds is 5. The lowest BCUT2D eigenvalue weighted by Crippen LogP contribution is -2.20. The third kappa shape index (κ3) is 4.29. The third-order valence-corrected chi connectivity index (χ3v) is 4.06. The second-order valence-electron chi connectivity index (χ2n) is 5.07. The van der Waals surface area contributed by atoms with Crippen LogP contribution in [0.1, 0.15) is 11.9 Å². The number of benzene rings is 1. The first-order valence-corrected chi connectivity index (χ1v) is 8.36. The summed E-state index contributed by atoms with van der Waals surface area (Å²) in [5.41, 5.74) is 1.50. The molecule has 0 bridgehead atoms. The molecule has 3 aromatic rings. The van der Waals surface area contributed by atoms with Crippen LogP contribution in [0.2, 0.25) is 0 Å². The maximum Gasteiger partial charge on any atom is 0.412 e. The van der Waals surface area contributed by atoms with Gasteiger partial charge in [-0.15, -0.1) is 16.4 Å². The molecule has 2 aromatic heterocycles. The summed E-state index contributed by atoms with van der Waals surface area (Å²) in [6, 6.07) is 5.56. The van der Waals surface area contributed by atoms with E-state index in [1.807, 2.05) is 25.1 Å². The zero-order valence-corrected chi connectivity index (χ0v) is 14.5. The minimum Gasteiger partial charge on any atom is -0.450 e. The van der Waals surface area contributed by atoms with E-state index in [1.165, 1.54) is 11.0 Å². The van der Waals surface area contributed by atoms with E-state index in [2.05, 4.69) is 25.8 Å². The first-order chi connectivity index (χ1) is 12.0. The van der Waals surface area contributed by atoms with Crippen LogP contribution >= 0.6 is 11.3 Å². The summed E-state index contributed by atoms with van der Waals surface area (Å²) in [6.07, 6.45) is 0.722. The Bertz CT molecular complexity index is 919. The van der Waals surface area contributed by atoms with Crippen molar-refractivity contribution >= 4 is 45.1 Å². The van der Waals surface area contributed by atoms with Gasteiger partial charge in [0.2, 0.25) is 5.91 Å². The number of thiazole rings is 1. The van der Waals surface area contributed by atoms with E-state index < -0.39 is 6.09 Å². The fraction of sp³-hybridized carbons (Fsp3) is 0.267. The molecule has 0 fully saturated rings. The summed E-state index contributed by atoms with van der Waals surface area (Å²) in [4.78, 5) is 29.0. The second kappa shape index (κ2) is 7.26. The molecule has 2 amide bonds. The first-order valence-electron chi connectivity index (χ1n) is 7.54. The highest BCUT2D eigenvalue weighted by atomic mass is 32.1. The van der Waals surface area contributed by atoms with Crippen LogP contribution in [0.5, 0.6) is 0 Å². The van der Waals surface area contributed by atoms with Gasteiger partial charge >= 0.3 is 6.09 Å². The zero-order chi connectivity index (χ0) is 17.8. The normalized spacial score (nSPS) is 10.6. The number of carbonyl (C=O) groups is 2. The van der Waals surface area contributed by atoms with Crippen molar-refractivity contribution in [2.24, 2.45) is 0 Å². The number of hydrogen-bond donors (Lipinski definition) is 2. The Morgan fingerprint density at radius 1 is 1.32 bits per heavy atom. The quantitative estimate of drug-likeness (QED) is 0.723. The SMILES string of the molecule is CCOC(=O)Nc1cnn(CC(=O)Nc2ccc3sc(C)nc3c2)n1. The van der Waals surface area contributed by atoms with Gasteiger partial charge in [0.05, 0.1) is 28.0 Å². The van der Waals surface area contributed by atoms with Crippen LogP contribution in [0.3, 0.4) is 0 Å². The summed E-state index contributed by atoms with van der Waals surface area (Å²) in [5.74, 6) is -0.0739. The lowest BCUT2D eigenvalue weighted by Gasteiger charge is -2.04. The number of fused-ring (bicyclic) bond motifs is 1. The Kier molecular flexibility index (Phi) is 4.89. The van der Waals surface area contributed by atoms with Gasteiger partial charge in [-0.1, -0.05) is 0 Å². The van der Waals surface area contributed by atoms with Gasteiger partial charge in [0.15, 0.2) is 5.82 Å². The molecule has 0 aliphatic heterocycles. The van der Waals surface area contributed by atoms with Crippen molar-refractivity contribution in [2.75, 3.05) is 17.2 Å². The maximum atomic E-state index is 12.1. The fourth-order valence-corrected chi connectivity index (χ4v) is 2.96. The predicted octanol–water partition coefficient (Wildman–Crippen LogP) is 2.40. The smallest absolute Gasteiger partial charge is 0.412 e. The maximum absolute atomic E-state index is 12.1. The van der Waals surface area contributed by atoms with Gasteiger partial charge in [0, 0.05) is 5.69 Å². The standard InChI is InChI=1S/C15H16N6O3S/c1-3-24-15(23)19-13-7-16-21(20-13)8-14(22)18-10-4-5-12-11(6-10)17-9(2)25-12/h4-7H,3,8H2,1-2H3,(H,18,22)(H,19,20,23).